The summed E-state index contributed by atoms with van der Waals surface area (Å²) in [5.41, 5.74) is 10.4. The molecule has 2 unspecified atom stereocenters. The highest BCUT2D eigenvalue weighted by molar-refractivity contribution is 5.57. The summed E-state index contributed by atoms with van der Waals surface area (Å²) in [6.07, 6.45) is -5.90. The Labute approximate surface area is 617 Å². The van der Waals surface area contributed by atoms with Crippen molar-refractivity contribution in [3.05, 3.63) is 370 Å². The molecular formula is C90H84O16. The lowest BCUT2D eigenvalue weighted by molar-refractivity contribution is -0.108. The normalized spacial score (nSPS) is 16.2. The lowest BCUT2D eigenvalue weighted by atomic mass is 9.91. The minimum atomic E-state index is -1.18. The number of hydrogen-bond donors (Lipinski definition) is 4. The molecule has 2 heterocycles. The van der Waals surface area contributed by atoms with Crippen LogP contribution in [0.15, 0.2) is 303 Å². The van der Waals surface area contributed by atoms with Gasteiger partial charge in [0.25, 0.3) is 0 Å². The maximum atomic E-state index is 12.0. The molecular weight excluding hydrogens is 1340 g/mol. The van der Waals surface area contributed by atoms with E-state index < -0.39 is 36.6 Å². The van der Waals surface area contributed by atoms with E-state index in [1.807, 2.05) is 279 Å². The average molecular weight is 1420 g/mol. The molecule has 14 rings (SSSR count). The van der Waals surface area contributed by atoms with Crippen molar-refractivity contribution in [1.29, 1.82) is 0 Å². The third kappa shape index (κ3) is 19.6. The van der Waals surface area contributed by atoms with Gasteiger partial charge in [0.15, 0.2) is 35.2 Å². The first-order valence-corrected chi connectivity index (χ1v) is 35.4. The van der Waals surface area contributed by atoms with Crippen LogP contribution in [-0.4, -0.2) is 59.1 Å². The maximum absolute atomic E-state index is 12.0. The number of aliphatic hydroxyl groups is 4. The Kier molecular flexibility index (Phi) is 25.5. The summed E-state index contributed by atoms with van der Waals surface area (Å²) < 4.78 is 76.3. The smallest absolute Gasteiger partial charge is 0.162 e. The van der Waals surface area contributed by atoms with Gasteiger partial charge in [0.1, 0.15) is 112 Å². The van der Waals surface area contributed by atoms with Gasteiger partial charge in [-0.1, -0.05) is 255 Å². The van der Waals surface area contributed by atoms with Crippen LogP contribution >= 0.6 is 0 Å². The summed E-state index contributed by atoms with van der Waals surface area (Å²) >= 11 is 0. The SMILES string of the molecule is OCCOC1c2c(OCc3ccccc3)cc(OCc3ccccc3)cc2O[C@H](c2ccc(OCc3ccccc3)c(OCc3ccccc3)c2)[C@@H]1O.OCCOC1c2c(OCc3ccccc3)cc(OCc3ccccc3)cc2O[C@H](c2ccc(OCc3ccccc3)c(OCc3ccccc3)c2)[C@H]1O. The van der Waals surface area contributed by atoms with Crippen molar-refractivity contribution in [2.75, 3.05) is 26.4 Å². The highest BCUT2D eigenvalue weighted by Crippen LogP contribution is 2.52. The molecule has 2 aliphatic heterocycles. The van der Waals surface area contributed by atoms with Crippen LogP contribution in [0.3, 0.4) is 0 Å². The Morgan fingerprint density at radius 2 is 0.500 bits per heavy atom. The van der Waals surface area contributed by atoms with Crippen LogP contribution in [0.5, 0.6) is 57.5 Å². The second kappa shape index (κ2) is 37.2. The molecule has 0 saturated heterocycles. The molecule has 16 heteroatoms. The van der Waals surface area contributed by atoms with E-state index in [-0.39, 0.29) is 39.6 Å². The van der Waals surface area contributed by atoms with E-state index >= 15 is 0 Å². The van der Waals surface area contributed by atoms with Crippen LogP contribution in [0.1, 0.15) is 91.2 Å². The van der Waals surface area contributed by atoms with Crippen molar-refractivity contribution < 1.29 is 77.3 Å². The van der Waals surface area contributed by atoms with Crippen LogP contribution in [0.4, 0.5) is 0 Å². The van der Waals surface area contributed by atoms with Crippen molar-refractivity contribution in [3.8, 4) is 57.5 Å². The Morgan fingerprint density at radius 1 is 0.255 bits per heavy atom. The Bertz CT molecular complexity index is 4340. The molecule has 0 bridgehead atoms. The molecule has 12 aromatic rings. The fraction of sp³-hybridized carbons (Fsp3) is 0.200. The summed E-state index contributed by atoms with van der Waals surface area (Å²) in [6, 6.07) is 97.3. The number of aliphatic hydroxyl groups excluding tert-OH is 4. The minimum Gasteiger partial charge on any atom is -0.489 e. The van der Waals surface area contributed by atoms with Crippen LogP contribution in [0.25, 0.3) is 0 Å². The predicted octanol–water partition coefficient (Wildman–Crippen LogP) is 17.1. The molecule has 0 fully saturated rings. The second-order valence-electron chi connectivity index (χ2n) is 25.4. The Hall–Kier alpha value is -11.6. The largest absolute Gasteiger partial charge is 0.489 e. The summed E-state index contributed by atoms with van der Waals surface area (Å²) in [4.78, 5) is 0. The molecule has 0 saturated carbocycles. The number of hydrogen-bond acceptors (Lipinski definition) is 16. The highest BCUT2D eigenvalue weighted by Gasteiger charge is 2.44. The highest BCUT2D eigenvalue weighted by atomic mass is 16.6. The van der Waals surface area contributed by atoms with E-state index in [4.69, 9.17) is 56.8 Å². The Morgan fingerprint density at radius 3 is 0.764 bits per heavy atom. The molecule has 0 radical (unpaired) electrons. The van der Waals surface area contributed by atoms with Gasteiger partial charge < -0.3 is 77.3 Å². The lowest BCUT2D eigenvalue weighted by Gasteiger charge is -2.38. The van der Waals surface area contributed by atoms with E-state index in [1.54, 1.807) is 24.3 Å². The molecule has 16 nitrogen and oxygen atoms in total. The fourth-order valence-electron chi connectivity index (χ4n) is 12.4. The van der Waals surface area contributed by atoms with E-state index in [0.717, 1.165) is 44.5 Å². The van der Waals surface area contributed by atoms with Gasteiger partial charge in [-0.2, -0.15) is 0 Å². The van der Waals surface area contributed by atoms with E-state index in [9.17, 15) is 20.4 Å². The first-order valence-electron chi connectivity index (χ1n) is 35.4. The van der Waals surface area contributed by atoms with Crippen molar-refractivity contribution >= 4 is 0 Å². The van der Waals surface area contributed by atoms with Gasteiger partial charge >= 0.3 is 0 Å². The molecule has 540 valence electrons. The third-order valence-corrected chi connectivity index (χ3v) is 17.8. The maximum Gasteiger partial charge on any atom is 0.162 e. The molecule has 0 aliphatic carbocycles. The fourth-order valence-corrected chi connectivity index (χ4v) is 12.4. The van der Waals surface area contributed by atoms with Gasteiger partial charge in [-0.25, -0.2) is 0 Å². The molecule has 0 spiro atoms. The Balaban J connectivity index is 0.000000188. The van der Waals surface area contributed by atoms with Crippen molar-refractivity contribution in [2.45, 2.75) is 89.5 Å². The van der Waals surface area contributed by atoms with Crippen molar-refractivity contribution in [3.63, 3.8) is 0 Å². The molecule has 106 heavy (non-hydrogen) atoms. The van der Waals surface area contributed by atoms with Gasteiger partial charge in [0.2, 0.25) is 0 Å². The zero-order valence-corrected chi connectivity index (χ0v) is 58.5. The zero-order valence-electron chi connectivity index (χ0n) is 58.5. The van der Waals surface area contributed by atoms with Crippen LogP contribution in [0.2, 0.25) is 0 Å². The van der Waals surface area contributed by atoms with Crippen LogP contribution in [-0.2, 0) is 62.3 Å². The number of ether oxygens (including phenoxy) is 12. The molecule has 4 N–H and O–H groups in total. The number of fused-ring (bicyclic) bond motifs is 2. The summed E-state index contributed by atoms with van der Waals surface area (Å²) in [5.74, 6) is 4.96. The van der Waals surface area contributed by atoms with Crippen LogP contribution in [0, 0.1) is 0 Å². The molecule has 6 atom stereocenters. The topological polar surface area (TPSA) is 192 Å². The second-order valence-corrected chi connectivity index (χ2v) is 25.4. The van der Waals surface area contributed by atoms with Crippen molar-refractivity contribution in [1.82, 2.24) is 0 Å². The predicted molar refractivity (Wildman–Crippen MR) is 402 cm³/mol. The summed E-state index contributed by atoms with van der Waals surface area (Å²) in [6.45, 7) is 2.08. The minimum absolute atomic E-state index is 0.00400. The van der Waals surface area contributed by atoms with E-state index in [1.165, 1.54) is 0 Å². The van der Waals surface area contributed by atoms with E-state index in [0.29, 0.717) is 119 Å². The van der Waals surface area contributed by atoms with Gasteiger partial charge in [-0.3, -0.25) is 0 Å². The first kappa shape index (κ1) is 72.7. The lowest BCUT2D eigenvalue weighted by Crippen LogP contribution is -2.36. The summed E-state index contributed by atoms with van der Waals surface area (Å²) in [5, 5.41) is 43.6. The van der Waals surface area contributed by atoms with Crippen LogP contribution < -0.4 is 47.4 Å². The molecule has 0 amide bonds. The number of benzene rings is 12. The molecule has 0 aromatic heterocycles. The molecule has 2 aliphatic rings. The average Bonchev–Trinajstić information content (AvgIpc) is 0.761. The molecule has 12 aromatic carbocycles. The van der Waals surface area contributed by atoms with Gasteiger partial charge in [0, 0.05) is 24.3 Å². The quantitative estimate of drug-likeness (QED) is 0.0311. The van der Waals surface area contributed by atoms with Gasteiger partial charge in [-0.05, 0) is 79.9 Å². The van der Waals surface area contributed by atoms with Gasteiger partial charge in [-0.15, -0.1) is 0 Å². The standard InChI is InChI=1S/2C45H42O8/c2*46-23-24-48-45-42-40(52-31-35-19-11-4-12-20-35)26-37(49-28-32-13-5-1-6-14-32)27-41(42)53-44(43(45)47)36-21-22-38(50-29-33-15-7-2-8-16-33)39(25-36)51-30-34-17-9-3-10-18-34/h2*1-22,25-27,43-47H,23-24,28-31H2/t43-,44+,45?;43-,44-,45?/m01/s1. The van der Waals surface area contributed by atoms with Gasteiger partial charge in [0.05, 0.1) is 37.6 Å². The monoisotopic (exact) mass is 1420 g/mol. The number of rotatable bonds is 32. The van der Waals surface area contributed by atoms with Crippen molar-refractivity contribution in [2.24, 2.45) is 0 Å². The zero-order chi connectivity index (χ0) is 72.5. The first-order chi connectivity index (χ1) is 52.3. The van der Waals surface area contributed by atoms with E-state index in [2.05, 4.69) is 0 Å². The summed E-state index contributed by atoms with van der Waals surface area (Å²) in [7, 11) is 0. The third-order valence-electron chi connectivity index (χ3n) is 17.8.